The standard InChI is InChI=1S/C19H17FN4O/c1-2-13-3-7-16(8-4-13)23-18(25)14-11-21-19(22-12-14)24-17-9-5-15(20)6-10-17/h3-12H,2H2,1H3,(H,23,25)(H,21,22,24). The fraction of sp³-hybridized carbons (Fsp3) is 0.105. The van der Waals surface area contributed by atoms with Crippen molar-refractivity contribution in [3.63, 3.8) is 0 Å². The maximum Gasteiger partial charge on any atom is 0.258 e. The maximum absolute atomic E-state index is 12.9. The van der Waals surface area contributed by atoms with E-state index < -0.39 is 0 Å². The van der Waals surface area contributed by atoms with Crippen LogP contribution in [0, 0.1) is 5.82 Å². The number of carbonyl (C=O) groups is 1. The van der Waals surface area contributed by atoms with Crippen LogP contribution in [0.3, 0.4) is 0 Å². The lowest BCUT2D eigenvalue weighted by atomic mass is 10.1. The number of carbonyl (C=O) groups excluding carboxylic acids is 1. The van der Waals surface area contributed by atoms with E-state index in [9.17, 15) is 9.18 Å². The second-order valence-electron chi connectivity index (χ2n) is 5.43. The van der Waals surface area contributed by atoms with E-state index in [4.69, 9.17) is 0 Å². The second kappa shape index (κ2) is 7.53. The van der Waals surface area contributed by atoms with E-state index in [1.807, 2.05) is 24.3 Å². The fourth-order valence-electron chi connectivity index (χ4n) is 2.20. The lowest BCUT2D eigenvalue weighted by Gasteiger charge is -2.07. The first-order valence-electron chi connectivity index (χ1n) is 7.89. The van der Waals surface area contributed by atoms with Crippen LogP contribution in [-0.2, 0) is 6.42 Å². The summed E-state index contributed by atoms with van der Waals surface area (Å²) in [6, 6.07) is 13.5. The summed E-state index contributed by atoms with van der Waals surface area (Å²) in [6.07, 6.45) is 3.83. The normalized spacial score (nSPS) is 10.3. The molecule has 2 N–H and O–H groups in total. The van der Waals surface area contributed by atoms with Gasteiger partial charge < -0.3 is 10.6 Å². The number of anilines is 3. The number of rotatable bonds is 5. The summed E-state index contributed by atoms with van der Waals surface area (Å²) in [7, 11) is 0. The summed E-state index contributed by atoms with van der Waals surface area (Å²) < 4.78 is 12.9. The molecule has 6 heteroatoms. The van der Waals surface area contributed by atoms with Gasteiger partial charge in [-0.2, -0.15) is 0 Å². The van der Waals surface area contributed by atoms with Crippen molar-refractivity contribution >= 4 is 23.2 Å². The maximum atomic E-state index is 12.9. The van der Waals surface area contributed by atoms with Gasteiger partial charge in [0.05, 0.1) is 5.56 Å². The van der Waals surface area contributed by atoms with Crippen LogP contribution in [0.15, 0.2) is 60.9 Å². The molecule has 0 atom stereocenters. The summed E-state index contributed by atoms with van der Waals surface area (Å²) in [5, 5.41) is 5.74. The van der Waals surface area contributed by atoms with Crippen molar-refractivity contribution in [1.82, 2.24) is 9.97 Å². The lowest BCUT2D eigenvalue weighted by Crippen LogP contribution is -2.13. The van der Waals surface area contributed by atoms with E-state index in [1.165, 1.54) is 30.1 Å². The van der Waals surface area contributed by atoms with Crippen LogP contribution in [0.2, 0.25) is 0 Å². The van der Waals surface area contributed by atoms with Gasteiger partial charge in [0, 0.05) is 23.8 Å². The Morgan fingerprint density at radius 2 is 1.56 bits per heavy atom. The van der Waals surface area contributed by atoms with Crippen molar-refractivity contribution in [3.05, 3.63) is 77.9 Å². The molecule has 3 rings (SSSR count). The Morgan fingerprint density at radius 1 is 0.960 bits per heavy atom. The molecule has 0 aliphatic rings. The van der Waals surface area contributed by atoms with E-state index in [0.29, 0.717) is 17.2 Å². The van der Waals surface area contributed by atoms with Crippen molar-refractivity contribution in [2.24, 2.45) is 0 Å². The summed E-state index contributed by atoms with van der Waals surface area (Å²) in [6.45, 7) is 2.08. The number of benzene rings is 2. The molecule has 0 saturated heterocycles. The largest absolute Gasteiger partial charge is 0.324 e. The van der Waals surface area contributed by atoms with Gasteiger partial charge in [-0.3, -0.25) is 4.79 Å². The molecular formula is C19H17FN4O. The molecule has 25 heavy (non-hydrogen) atoms. The minimum Gasteiger partial charge on any atom is -0.324 e. The number of nitrogens with zero attached hydrogens (tertiary/aromatic N) is 2. The van der Waals surface area contributed by atoms with Crippen LogP contribution in [-0.4, -0.2) is 15.9 Å². The van der Waals surface area contributed by atoms with Crippen molar-refractivity contribution < 1.29 is 9.18 Å². The third-order valence-electron chi connectivity index (χ3n) is 3.63. The van der Waals surface area contributed by atoms with Gasteiger partial charge in [-0.25, -0.2) is 14.4 Å². The Kier molecular flexibility index (Phi) is 4.99. The molecule has 0 aliphatic carbocycles. The highest BCUT2D eigenvalue weighted by atomic mass is 19.1. The van der Waals surface area contributed by atoms with Gasteiger partial charge in [0.25, 0.3) is 5.91 Å². The number of aromatic nitrogens is 2. The molecule has 0 radical (unpaired) electrons. The van der Waals surface area contributed by atoms with E-state index >= 15 is 0 Å². The molecule has 0 aliphatic heterocycles. The molecule has 1 heterocycles. The van der Waals surface area contributed by atoms with Crippen LogP contribution >= 0.6 is 0 Å². The predicted molar refractivity (Wildman–Crippen MR) is 95.5 cm³/mol. The van der Waals surface area contributed by atoms with Crippen molar-refractivity contribution in [2.45, 2.75) is 13.3 Å². The number of aryl methyl sites for hydroxylation is 1. The monoisotopic (exact) mass is 336 g/mol. The van der Waals surface area contributed by atoms with E-state index in [0.717, 1.165) is 12.1 Å². The van der Waals surface area contributed by atoms with Gasteiger partial charge >= 0.3 is 0 Å². The smallest absolute Gasteiger partial charge is 0.258 e. The highest BCUT2D eigenvalue weighted by Crippen LogP contribution is 2.14. The second-order valence-corrected chi connectivity index (χ2v) is 5.43. The van der Waals surface area contributed by atoms with Gasteiger partial charge in [-0.1, -0.05) is 19.1 Å². The topological polar surface area (TPSA) is 66.9 Å². The molecule has 1 amide bonds. The highest BCUT2D eigenvalue weighted by Gasteiger charge is 2.08. The van der Waals surface area contributed by atoms with Crippen molar-refractivity contribution in [1.29, 1.82) is 0 Å². The minimum atomic E-state index is -0.314. The van der Waals surface area contributed by atoms with E-state index in [2.05, 4.69) is 27.5 Å². The number of hydrogen-bond donors (Lipinski definition) is 2. The summed E-state index contributed by atoms with van der Waals surface area (Å²) >= 11 is 0. The first-order chi connectivity index (χ1) is 12.1. The van der Waals surface area contributed by atoms with E-state index in [-0.39, 0.29) is 11.7 Å². The highest BCUT2D eigenvalue weighted by molar-refractivity contribution is 6.03. The molecule has 0 spiro atoms. The van der Waals surface area contributed by atoms with Crippen molar-refractivity contribution in [2.75, 3.05) is 10.6 Å². The van der Waals surface area contributed by atoms with Gasteiger partial charge in [-0.15, -0.1) is 0 Å². The Morgan fingerprint density at radius 3 is 2.16 bits per heavy atom. The molecule has 0 bridgehead atoms. The van der Waals surface area contributed by atoms with Crippen LogP contribution in [0.5, 0.6) is 0 Å². The zero-order valence-corrected chi connectivity index (χ0v) is 13.7. The third-order valence-corrected chi connectivity index (χ3v) is 3.63. The molecule has 0 unspecified atom stereocenters. The Hall–Kier alpha value is -3.28. The quantitative estimate of drug-likeness (QED) is 0.734. The molecule has 0 saturated carbocycles. The van der Waals surface area contributed by atoms with Gasteiger partial charge in [0.15, 0.2) is 0 Å². The average molecular weight is 336 g/mol. The minimum absolute atomic E-state index is 0.280. The van der Waals surface area contributed by atoms with Gasteiger partial charge in [0.1, 0.15) is 5.82 Å². The van der Waals surface area contributed by atoms with Crippen molar-refractivity contribution in [3.8, 4) is 0 Å². The molecule has 2 aromatic carbocycles. The summed E-state index contributed by atoms with van der Waals surface area (Å²) in [5.41, 5.74) is 2.94. The first kappa shape index (κ1) is 16.6. The zero-order valence-electron chi connectivity index (χ0n) is 13.7. The average Bonchev–Trinajstić information content (AvgIpc) is 2.65. The number of halogens is 1. The molecular weight excluding hydrogens is 319 g/mol. The SMILES string of the molecule is CCc1ccc(NC(=O)c2cnc(Nc3ccc(F)cc3)nc2)cc1. The van der Waals surface area contributed by atoms with Crippen LogP contribution in [0.25, 0.3) is 0 Å². The Bertz CT molecular complexity index is 846. The lowest BCUT2D eigenvalue weighted by molar-refractivity contribution is 0.102. The van der Waals surface area contributed by atoms with Gasteiger partial charge in [0.2, 0.25) is 5.95 Å². The molecule has 3 aromatic rings. The Balaban J connectivity index is 1.64. The first-order valence-corrected chi connectivity index (χ1v) is 7.89. The van der Waals surface area contributed by atoms with Crippen LogP contribution < -0.4 is 10.6 Å². The molecule has 0 fully saturated rings. The fourth-order valence-corrected chi connectivity index (χ4v) is 2.20. The van der Waals surface area contributed by atoms with Crippen LogP contribution in [0.1, 0.15) is 22.8 Å². The Labute approximate surface area is 145 Å². The van der Waals surface area contributed by atoms with Crippen LogP contribution in [0.4, 0.5) is 21.7 Å². The number of nitrogens with one attached hydrogen (secondary N) is 2. The van der Waals surface area contributed by atoms with E-state index in [1.54, 1.807) is 12.1 Å². The molecule has 1 aromatic heterocycles. The zero-order chi connectivity index (χ0) is 17.6. The molecule has 126 valence electrons. The number of hydrogen-bond acceptors (Lipinski definition) is 4. The number of amides is 1. The van der Waals surface area contributed by atoms with Gasteiger partial charge in [-0.05, 0) is 48.4 Å². The predicted octanol–water partition coefficient (Wildman–Crippen LogP) is 4.17. The third kappa shape index (κ3) is 4.38. The summed E-state index contributed by atoms with van der Waals surface area (Å²) in [4.78, 5) is 20.4. The molecule has 5 nitrogen and oxygen atoms in total. The summed E-state index contributed by atoms with van der Waals surface area (Å²) in [5.74, 6) is -0.265.